The molecule has 4 atom stereocenters. The largest absolute Gasteiger partial charge is 0.274 e. The number of halogens is 1. The van der Waals surface area contributed by atoms with Crippen molar-refractivity contribution in [1.82, 2.24) is 0 Å². The van der Waals surface area contributed by atoms with Gasteiger partial charge in [-0.05, 0) is 48.9 Å². The second-order valence-corrected chi connectivity index (χ2v) is 6.27. The number of carbonyl (C=O) groups excluding carboxylic acids is 2. The first-order chi connectivity index (χ1) is 9.66. The van der Waals surface area contributed by atoms with Crippen molar-refractivity contribution in [2.45, 2.75) is 12.8 Å². The maximum atomic E-state index is 12.7. The summed E-state index contributed by atoms with van der Waals surface area (Å²) < 4.78 is 0. The molecule has 0 N–H and O–H groups in total. The standard InChI is InChI=1S/C16H14ClNO2/c17-11-5-7-12(8-6-11)18-15(19)13-9-1-2-10(4-3-9)14(13)16(18)20/h1-2,5-10,13-14H,3-4H2/t9-,10-,13+,14+/m1/s1. The zero-order chi connectivity index (χ0) is 13.9. The molecule has 4 aliphatic rings. The van der Waals surface area contributed by atoms with Crippen LogP contribution in [0.15, 0.2) is 36.4 Å². The molecule has 3 nitrogen and oxygen atoms in total. The van der Waals surface area contributed by atoms with Gasteiger partial charge in [0, 0.05) is 5.02 Å². The quantitative estimate of drug-likeness (QED) is 0.588. The van der Waals surface area contributed by atoms with Gasteiger partial charge in [-0.3, -0.25) is 14.5 Å². The van der Waals surface area contributed by atoms with Crippen molar-refractivity contribution in [2.24, 2.45) is 23.7 Å². The van der Waals surface area contributed by atoms with Crippen molar-refractivity contribution >= 4 is 29.1 Å². The first-order valence-electron chi connectivity index (χ1n) is 6.98. The SMILES string of the molecule is O=C1[C@@H]2[C@@H](C(=O)N1c1ccc(Cl)cc1)[C@@H]1C=C[C@@H]2CC1. The summed E-state index contributed by atoms with van der Waals surface area (Å²) in [6, 6.07) is 6.91. The lowest BCUT2D eigenvalue weighted by Crippen LogP contribution is -2.38. The van der Waals surface area contributed by atoms with Gasteiger partial charge in [0.15, 0.2) is 0 Å². The van der Waals surface area contributed by atoms with Crippen LogP contribution in [0.3, 0.4) is 0 Å². The number of fused-ring (bicyclic) bond motifs is 1. The Balaban J connectivity index is 1.75. The van der Waals surface area contributed by atoms with E-state index < -0.39 is 0 Å². The van der Waals surface area contributed by atoms with E-state index in [1.165, 1.54) is 4.90 Å². The van der Waals surface area contributed by atoms with Gasteiger partial charge in [0.05, 0.1) is 17.5 Å². The highest BCUT2D eigenvalue weighted by molar-refractivity contribution is 6.30. The van der Waals surface area contributed by atoms with Crippen LogP contribution >= 0.6 is 11.6 Å². The van der Waals surface area contributed by atoms with Gasteiger partial charge >= 0.3 is 0 Å². The van der Waals surface area contributed by atoms with E-state index in [9.17, 15) is 9.59 Å². The molecule has 20 heavy (non-hydrogen) atoms. The number of carbonyl (C=O) groups is 2. The third-order valence-corrected chi connectivity index (χ3v) is 5.10. The second-order valence-electron chi connectivity index (χ2n) is 5.83. The molecule has 0 aromatic heterocycles. The highest BCUT2D eigenvalue weighted by Crippen LogP contribution is 2.50. The number of anilines is 1. The molecular formula is C16H14ClNO2. The Morgan fingerprint density at radius 2 is 1.40 bits per heavy atom. The van der Waals surface area contributed by atoms with E-state index >= 15 is 0 Å². The lowest BCUT2D eigenvalue weighted by Gasteiger charge is -2.38. The van der Waals surface area contributed by atoms with Gasteiger partial charge in [0.25, 0.3) is 0 Å². The van der Waals surface area contributed by atoms with Crippen LogP contribution in [0, 0.1) is 23.7 Å². The van der Waals surface area contributed by atoms with E-state index in [4.69, 9.17) is 11.6 Å². The molecule has 1 saturated carbocycles. The van der Waals surface area contributed by atoms with E-state index in [0.29, 0.717) is 10.7 Å². The fourth-order valence-electron chi connectivity index (χ4n) is 3.92. The van der Waals surface area contributed by atoms with Crippen molar-refractivity contribution < 1.29 is 9.59 Å². The fraction of sp³-hybridized carbons (Fsp3) is 0.375. The van der Waals surface area contributed by atoms with Crippen molar-refractivity contribution in [3.05, 3.63) is 41.4 Å². The Morgan fingerprint density at radius 1 is 0.900 bits per heavy atom. The van der Waals surface area contributed by atoms with E-state index in [-0.39, 0.29) is 35.5 Å². The molecule has 1 aliphatic heterocycles. The van der Waals surface area contributed by atoms with Crippen LogP contribution in [0.5, 0.6) is 0 Å². The van der Waals surface area contributed by atoms with E-state index in [2.05, 4.69) is 12.2 Å². The third kappa shape index (κ3) is 1.53. The summed E-state index contributed by atoms with van der Waals surface area (Å²) in [6.07, 6.45) is 6.31. The topological polar surface area (TPSA) is 37.4 Å². The molecule has 2 fully saturated rings. The average molecular weight is 288 g/mol. The number of rotatable bonds is 1. The first-order valence-corrected chi connectivity index (χ1v) is 7.36. The Morgan fingerprint density at radius 3 is 1.85 bits per heavy atom. The van der Waals surface area contributed by atoms with E-state index in [0.717, 1.165) is 12.8 Å². The minimum atomic E-state index is -0.151. The Kier molecular flexibility index (Phi) is 2.55. The van der Waals surface area contributed by atoms with Gasteiger partial charge in [0.2, 0.25) is 11.8 Å². The van der Waals surface area contributed by atoms with Gasteiger partial charge in [-0.1, -0.05) is 23.8 Å². The number of nitrogens with zero attached hydrogens (tertiary/aromatic N) is 1. The number of allylic oxidation sites excluding steroid dienone is 2. The first kappa shape index (κ1) is 12.2. The number of benzene rings is 1. The molecule has 102 valence electrons. The van der Waals surface area contributed by atoms with Crippen LogP contribution in [-0.4, -0.2) is 11.8 Å². The van der Waals surface area contributed by atoms with Crippen molar-refractivity contribution in [2.75, 3.05) is 4.90 Å². The number of amides is 2. The molecule has 3 aliphatic carbocycles. The van der Waals surface area contributed by atoms with Crippen molar-refractivity contribution in [1.29, 1.82) is 0 Å². The summed E-state index contributed by atoms with van der Waals surface area (Å²) >= 11 is 5.87. The maximum absolute atomic E-state index is 12.7. The minimum absolute atomic E-state index is 0.0404. The predicted octanol–water partition coefficient (Wildman–Crippen LogP) is 3.04. The molecule has 2 bridgehead atoms. The monoisotopic (exact) mass is 287 g/mol. The summed E-state index contributed by atoms with van der Waals surface area (Å²) in [5.74, 6) is 0.0871. The van der Waals surface area contributed by atoms with Gasteiger partial charge < -0.3 is 0 Å². The highest BCUT2D eigenvalue weighted by Gasteiger charge is 2.56. The molecule has 2 amide bonds. The van der Waals surface area contributed by atoms with E-state index in [1.807, 2.05) is 0 Å². The number of imide groups is 1. The van der Waals surface area contributed by atoms with Crippen LogP contribution in [0.1, 0.15) is 12.8 Å². The molecule has 0 radical (unpaired) electrons. The van der Waals surface area contributed by atoms with Gasteiger partial charge in [0.1, 0.15) is 0 Å². The molecule has 5 rings (SSSR count). The molecule has 1 heterocycles. The minimum Gasteiger partial charge on any atom is -0.274 e. The molecule has 1 aromatic carbocycles. The Hall–Kier alpha value is -1.61. The molecule has 1 saturated heterocycles. The lowest BCUT2D eigenvalue weighted by molar-refractivity contribution is -0.124. The summed E-state index contributed by atoms with van der Waals surface area (Å²) in [7, 11) is 0. The fourth-order valence-corrected chi connectivity index (χ4v) is 4.04. The van der Waals surface area contributed by atoms with Gasteiger partial charge in [-0.25, -0.2) is 0 Å². The maximum Gasteiger partial charge on any atom is 0.238 e. The smallest absolute Gasteiger partial charge is 0.238 e. The molecular weight excluding hydrogens is 274 g/mol. The van der Waals surface area contributed by atoms with Crippen LogP contribution in [-0.2, 0) is 9.59 Å². The zero-order valence-electron chi connectivity index (χ0n) is 10.8. The van der Waals surface area contributed by atoms with Crippen LogP contribution < -0.4 is 4.90 Å². The Labute approximate surface area is 122 Å². The van der Waals surface area contributed by atoms with Crippen LogP contribution in [0.4, 0.5) is 5.69 Å². The number of hydrogen-bond acceptors (Lipinski definition) is 2. The zero-order valence-corrected chi connectivity index (χ0v) is 11.6. The van der Waals surface area contributed by atoms with Crippen LogP contribution in [0.25, 0.3) is 0 Å². The molecule has 4 heteroatoms. The highest BCUT2D eigenvalue weighted by atomic mass is 35.5. The summed E-state index contributed by atoms with van der Waals surface area (Å²) in [4.78, 5) is 26.7. The van der Waals surface area contributed by atoms with Gasteiger partial charge in [-0.2, -0.15) is 0 Å². The average Bonchev–Trinajstić information content (AvgIpc) is 2.76. The number of hydrogen-bond donors (Lipinski definition) is 0. The Bertz CT molecular complexity index is 590. The van der Waals surface area contributed by atoms with E-state index in [1.54, 1.807) is 24.3 Å². The molecule has 0 unspecified atom stereocenters. The normalized spacial score (nSPS) is 34.8. The molecule has 0 spiro atoms. The van der Waals surface area contributed by atoms with Crippen molar-refractivity contribution in [3.8, 4) is 0 Å². The summed E-state index contributed by atoms with van der Waals surface area (Å²) in [5, 5.41) is 0.604. The predicted molar refractivity (Wildman–Crippen MR) is 76.3 cm³/mol. The third-order valence-electron chi connectivity index (χ3n) is 4.84. The summed E-state index contributed by atoms with van der Waals surface area (Å²) in [6.45, 7) is 0. The molecule has 1 aromatic rings. The second kappa shape index (κ2) is 4.19. The van der Waals surface area contributed by atoms with Gasteiger partial charge in [-0.15, -0.1) is 0 Å². The van der Waals surface area contributed by atoms with Crippen molar-refractivity contribution in [3.63, 3.8) is 0 Å². The lowest BCUT2D eigenvalue weighted by atomic mass is 9.63. The summed E-state index contributed by atoms with van der Waals surface area (Å²) in [5.41, 5.74) is 0.637. The van der Waals surface area contributed by atoms with Crippen LogP contribution in [0.2, 0.25) is 5.02 Å².